The molecular formula is C50H63FN2O8Si2. The van der Waals surface area contributed by atoms with E-state index in [1.165, 1.54) is 6.07 Å². The topological polar surface area (TPSA) is 117 Å². The lowest BCUT2D eigenvalue weighted by molar-refractivity contribution is -0.151. The van der Waals surface area contributed by atoms with Crippen LogP contribution in [0.3, 0.4) is 0 Å². The molecule has 0 amide bonds. The van der Waals surface area contributed by atoms with E-state index in [9.17, 15) is 0 Å². The van der Waals surface area contributed by atoms with Gasteiger partial charge in [-0.1, -0.05) is 114 Å². The number of aromatic nitrogens is 1. The van der Waals surface area contributed by atoms with Gasteiger partial charge in [0.05, 0.1) is 24.1 Å². The van der Waals surface area contributed by atoms with Crippen molar-refractivity contribution in [2.75, 3.05) is 20.7 Å². The largest absolute Gasteiger partial charge is 0.488 e. The van der Waals surface area contributed by atoms with Crippen LogP contribution in [0, 0.1) is 23.6 Å². The fourth-order valence-electron chi connectivity index (χ4n) is 8.86. The molecule has 336 valence electrons. The number of rotatable bonds is 13. The monoisotopic (exact) mass is 894 g/mol. The first-order valence-electron chi connectivity index (χ1n) is 22.0. The van der Waals surface area contributed by atoms with Crippen molar-refractivity contribution in [1.29, 1.82) is 0 Å². The highest BCUT2D eigenvalue weighted by Crippen LogP contribution is 2.59. The number of hydrogen-bond acceptors (Lipinski definition) is 10. The molecule has 63 heavy (non-hydrogen) atoms. The minimum absolute atomic E-state index is 0.0123. The standard InChI is InChI=1S/C50H63FN2O8Si2/c1-48(2,3)62(9,10)59-25-19-24-33-28-37(51)35-26-34-27-36-41(53(7)8)44-40(47(52-60-44)58-30-32-22-17-14-18-23-32)46(56)50(36,61-63(11,12)49(4,5)6)45(55)38(34)42(54)39(35)43(33)57-29-31-20-15-13-16-21-31/h13-24,28,34,36,38,41H,25-27,29-30H2,1-12H3/t34-,36-,38?,41-,50-/m0/s1. The van der Waals surface area contributed by atoms with Gasteiger partial charge in [0.2, 0.25) is 5.78 Å². The second-order valence-corrected chi connectivity index (χ2v) is 30.3. The molecule has 0 aliphatic heterocycles. The Hall–Kier alpha value is -4.54. The number of ether oxygens (including phenoxy) is 2. The maximum atomic E-state index is 16.7. The number of hydrogen-bond donors (Lipinski definition) is 0. The van der Waals surface area contributed by atoms with E-state index in [4.69, 9.17) is 22.8 Å². The molecule has 3 aromatic carbocycles. The van der Waals surface area contributed by atoms with Crippen LogP contribution in [0.1, 0.15) is 103 Å². The Kier molecular flexibility index (Phi) is 12.6. The van der Waals surface area contributed by atoms with E-state index in [0.29, 0.717) is 5.56 Å². The highest BCUT2D eigenvalue weighted by molar-refractivity contribution is 6.75. The number of carbonyl (C=O) groups is 3. The van der Waals surface area contributed by atoms with E-state index in [0.717, 1.165) is 11.1 Å². The number of carbonyl (C=O) groups excluding carboxylic acids is 3. The third kappa shape index (κ3) is 8.47. The smallest absolute Gasteiger partial charge is 0.265 e. The normalized spacial score (nSPS) is 22.8. The van der Waals surface area contributed by atoms with Crippen LogP contribution in [0.25, 0.3) is 6.08 Å². The molecule has 5 atom stereocenters. The van der Waals surface area contributed by atoms with Crippen LogP contribution in [0.4, 0.5) is 4.39 Å². The van der Waals surface area contributed by atoms with Crippen LogP contribution < -0.4 is 9.47 Å². The molecular weight excluding hydrogens is 832 g/mol. The number of halogens is 1. The molecule has 3 aliphatic carbocycles. The van der Waals surface area contributed by atoms with Gasteiger partial charge in [-0.05, 0) is 91.5 Å². The van der Waals surface area contributed by atoms with Crippen LogP contribution in [0.15, 0.2) is 77.3 Å². The summed E-state index contributed by atoms with van der Waals surface area (Å²) in [5.41, 5.74) is 0.227. The van der Waals surface area contributed by atoms with Crippen molar-refractivity contribution in [3.8, 4) is 11.6 Å². The van der Waals surface area contributed by atoms with Crippen molar-refractivity contribution in [3.05, 3.63) is 118 Å². The van der Waals surface area contributed by atoms with E-state index in [2.05, 4.69) is 39.0 Å². The van der Waals surface area contributed by atoms with Gasteiger partial charge in [-0.25, -0.2) is 4.39 Å². The van der Waals surface area contributed by atoms with Crippen LogP contribution in [-0.2, 0) is 33.3 Å². The lowest BCUT2D eigenvalue weighted by Gasteiger charge is -2.56. The van der Waals surface area contributed by atoms with Gasteiger partial charge in [0.25, 0.3) is 5.88 Å². The second kappa shape index (κ2) is 17.1. The van der Waals surface area contributed by atoms with Gasteiger partial charge in [0.1, 0.15) is 30.3 Å². The summed E-state index contributed by atoms with van der Waals surface area (Å²) in [4.78, 5) is 49.0. The van der Waals surface area contributed by atoms with Gasteiger partial charge >= 0.3 is 0 Å². The highest BCUT2D eigenvalue weighted by atomic mass is 28.4. The third-order valence-electron chi connectivity index (χ3n) is 14.3. The number of benzene rings is 3. The van der Waals surface area contributed by atoms with Crippen molar-refractivity contribution in [3.63, 3.8) is 0 Å². The van der Waals surface area contributed by atoms with E-state index in [-0.39, 0.29) is 71.8 Å². The molecule has 1 saturated carbocycles. The first-order chi connectivity index (χ1) is 29.5. The van der Waals surface area contributed by atoms with Crippen molar-refractivity contribution in [2.24, 2.45) is 17.8 Å². The third-order valence-corrected chi connectivity index (χ3v) is 23.3. The molecule has 0 spiro atoms. The molecule has 13 heteroatoms. The Morgan fingerprint density at radius 3 is 2.02 bits per heavy atom. The molecule has 1 fully saturated rings. The van der Waals surface area contributed by atoms with E-state index < -0.39 is 74.2 Å². The summed E-state index contributed by atoms with van der Waals surface area (Å²) in [5.74, 6) is -4.70. The van der Waals surface area contributed by atoms with Gasteiger partial charge in [-0.3, -0.25) is 19.3 Å². The summed E-state index contributed by atoms with van der Waals surface area (Å²) < 4.78 is 49.1. The second-order valence-electron chi connectivity index (χ2n) is 20.7. The Morgan fingerprint density at radius 1 is 0.857 bits per heavy atom. The van der Waals surface area contributed by atoms with Crippen LogP contribution in [0.2, 0.25) is 36.3 Å². The van der Waals surface area contributed by atoms with Crippen LogP contribution in [-0.4, -0.2) is 70.3 Å². The van der Waals surface area contributed by atoms with Crippen molar-refractivity contribution < 1.29 is 41.6 Å². The minimum Gasteiger partial charge on any atom is -0.488 e. The molecule has 0 radical (unpaired) electrons. The number of nitrogens with zero attached hydrogens (tertiary/aromatic N) is 2. The molecule has 0 saturated heterocycles. The SMILES string of the molecule is CN(C)[C@@H]1c2onc(OCc3ccccc3)c2C(=O)[C@@]2(O[Si](C)(C)C(C)(C)C)C(=O)C3C(=O)c4c(c(F)cc(C=CCO[Si](C)(C)C(C)(C)C)c4OCc4ccccc4)C[C@H]3C[C@@H]12. The van der Waals surface area contributed by atoms with Crippen molar-refractivity contribution >= 4 is 40.1 Å². The predicted octanol–water partition coefficient (Wildman–Crippen LogP) is 10.8. The van der Waals surface area contributed by atoms with Crippen LogP contribution >= 0.6 is 0 Å². The number of fused-ring (bicyclic) bond motifs is 4. The number of ketones is 3. The summed E-state index contributed by atoms with van der Waals surface area (Å²) in [7, 11) is -1.38. The van der Waals surface area contributed by atoms with E-state index in [1.807, 2.05) is 120 Å². The average Bonchev–Trinajstić information content (AvgIpc) is 3.63. The lowest BCUT2D eigenvalue weighted by Crippen LogP contribution is -2.70. The maximum Gasteiger partial charge on any atom is 0.265 e. The Labute approximate surface area is 373 Å². The predicted molar refractivity (Wildman–Crippen MR) is 247 cm³/mol. The van der Waals surface area contributed by atoms with Gasteiger partial charge in [-0.2, -0.15) is 0 Å². The van der Waals surface area contributed by atoms with E-state index >= 15 is 18.8 Å². The summed E-state index contributed by atoms with van der Waals surface area (Å²) in [5, 5.41) is 3.84. The van der Waals surface area contributed by atoms with Gasteiger partial charge in [-0.15, -0.1) is 0 Å². The molecule has 1 unspecified atom stereocenters. The lowest BCUT2D eigenvalue weighted by atomic mass is 9.54. The highest BCUT2D eigenvalue weighted by Gasteiger charge is 2.70. The average molecular weight is 895 g/mol. The van der Waals surface area contributed by atoms with Gasteiger partial charge in [0.15, 0.2) is 39.6 Å². The van der Waals surface area contributed by atoms with Crippen molar-refractivity contribution in [1.82, 2.24) is 10.1 Å². The summed E-state index contributed by atoms with van der Waals surface area (Å²) >= 11 is 0. The first-order valence-corrected chi connectivity index (χ1v) is 27.8. The number of Topliss-reactive ketones (excluding diaryl/α,β-unsaturated/α-hetero) is 3. The Morgan fingerprint density at radius 2 is 1.44 bits per heavy atom. The van der Waals surface area contributed by atoms with Crippen molar-refractivity contribution in [2.45, 2.75) is 116 Å². The van der Waals surface area contributed by atoms with E-state index in [1.54, 1.807) is 6.08 Å². The molecule has 0 bridgehead atoms. The molecule has 3 aliphatic rings. The Balaban J connectivity index is 1.36. The molecule has 7 rings (SSSR count). The van der Waals surface area contributed by atoms with Gasteiger partial charge < -0.3 is 22.8 Å². The zero-order valence-electron chi connectivity index (χ0n) is 38.9. The van der Waals surface area contributed by atoms with Crippen LogP contribution in [0.5, 0.6) is 11.6 Å². The zero-order chi connectivity index (χ0) is 45.9. The minimum atomic E-state index is -2.99. The summed E-state index contributed by atoms with van der Waals surface area (Å²) in [6.07, 6.45) is 3.84. The molecule has 0 N–H and O–H groups in total. The summed E-state index contributed by atoms with van der Waals surface area (Å²) in [6, 6.07) is 19.8. The maximum absolute atomic E-state index is 16.7. The van der Waals surface area contributed by atoms with Gasteiger partial charge in [0, 0.05) is 17.0 Å². The molecule has 1 heterocycles. The molecule has 1 aromatic heterocycles. The fraction of sp³-hybridized carbons (Fsp3) is 0.480. The zero-order valence-corrected chi connectivity index (χ0v) is 40.9. The first kappa shape index (κ1) is 46.5. The quantitative estimate of drug-likeness (QED) is 0.0948. The molecule has 10 nitrogen and oxygen atoms in total. The molecule has 4 aromatic rings. The Bertz CT molecular complexity index is 2400. The summed E-state index contributed by atoms with van der Waals surface area (Å²) in [6.45, 7) is 21.4. The fourth-order valence-corrected chi connectivity index (χ4v) is 11.3.